The zero-order valence-electron chi connectivity index (χ0n) is 11.0. The molecule has 0 amide bonds. The van der Waals surface area contributed by atoms with Gasteiger partial charge in [-0.3, -0.25) is 4.79 Å². The molecule has 0 aliphatic heterocycles. The fraction of sp³-hybridized carbons (Fsp3) is 0.923. The van der Waals surface area contributed by atoms with E-state index < -0.39 is 0 Å². The molecule has 0 N–H and O–H groups in total. The number of carbonyl (C=O) groups excluding carboxylic acids is 1. The lowest BCUT2D eigenvalue weighted by Crippen LogP contribution is -2.11. The number of esters is 1. The lowest BCUT2D eigenvalue weighted by Gasteiger charge is -2.07. The normalized spacial score (nSPS) is 10.8. The van der Waals surface area contributed by atoms with Gasteiger partial charge < -0.3 is 9.47 Å². The van der Waals surface area contributed by atoms with Crippen molar-refractivity contribution in [3.63, 3.8) is 0 Å². The van der Waals surface area contributed by atoms with Crippen LogP contribution in [0.4, 0.5) is 0 Å². The van der Waals surface area contributed by atoms with Crippen molar-refractivity contribution < 1.29 is 14.3 Å². The third kappa shape index (κ3) is 11.5. The molecular weight excluding hydrogens is 204 g/mol. The lowest BCUT2D eigenvalue weighted by molar-refractivity contribution is -0.147. The van der Waals surface area contributed by atoms with Crippen LogP contribution in [0.25, 0.3) is 0 Å². The summed E-state index contributed by atoms with van der Waals surface area (Å²) in [6.45, 7) is 7.53. The molecule has 16 heavy (non-hydrogen) atoms. The molecule has 0 heterocycles. The van der Waals surface area contributed by atoms with E-state index >= 15 is 0 Å². The van der Waals surface area contributed by atoms with Gasteiger partial charge in [0, 0.05) is 19.6 Å². The van der Waals surface area contributed by atoms with Crippen LogP contribution in [-0.4, -0.2) is 25.3 Å². The minimum atomic E-state index is -0.0963. The van der Waals surface area contributed by atoms with Gasteiger partial charge in [0.05, 0.1) is 6.10 Å². The molecule has 0 aliphatic carbocycles. The predicted molar refractivity (Wildman–Crippen MR) is 65.4 cm³/mol. The smallest absolute Gasteiger partial charge is 0.306 e. The molecule has 0 aromatic heterocycles. The second-order valence-corrected chi connectivity index (χ2v) is 4.32. The molecule has 0 rings (SSSR count). The summed E-state index contributed by atoms with van der Waals surface area (Å²) in [5.74, 6) is -0.0963. The van der Waals surface area contributed by atoms with Gasteiger partial charge in [0.25, 0.3) is 0 Å². The van der Waals surface area contributed by atoms with Crippen molar-refractivity contribution in [2.45, 2.75) is 65.4 Å². The van der Waals surface area contributed by atoms with Crippen LogP contribution in [0, 0.1) is 0 Å². The summed E-state index contributed by atoms with van der Waals surface area (Å²) >= 11 is 0. The number of carbonyl (C=O) groups is 1. The highest BCUT2D eigenvalue weighted by Crippen LogP contribution is 2.01. The SMILES string of the molecule is CCCCCOCCCCC(=O)OC(C)C. The number of rotatable bonds is 10. The minimum absolute atomic E-state index is 0.00204. The van der Waals surface area contributed by atoms with E-state index in [2.05, 4.69) is 6.92 Å². The first-order valence-corrected chi connectivity index (χ1v) is 6.44. The summed E-state index contributed by atoms with van der Waals surface area (Å²) in [5.41, 5.74) is 0. The summed E-state index contributed by atoms with van der Waals surface area (Å²) in [6.07, 6.45) is 5.92. The number of ether oxygens (including phenoxy) is 2. The maximum atomic E-state index is 11.2. The van der Waals surface area contributed by atoms with Crippen molar-refractivity contribution in [3.8, 4) is 0 Å². The lowest BCUT2D eigenvalue weighted by atomic mass is 10.2. The van der Waals surface area contributed by atoms with E-state index in [-0.39, 0.29) is 12.1 Å². The molecule has 0 aromatic rings. The van der Waals surface area contributed by atoms with Gasteiger partial charge in [-0.2, -0.15) is 0 Å². The van der Waals surface area contributed by atoms with Crippen molar-refractivity contribution in [1.29, 1.82) is 0 Å². The van der Waals surface area contributed by atoms with Gasteiger partial charge >= 0.3 is 5.97 Å². The molecular formula is C13H26O3. The van der Waals surface area contributed by atoms with Gasteiger partial charge in [0.15, 0.2) is 0 Å². The largest absolute Gasteiger partial charge is 0.463 e. The van der Waals surface area contributed by atoms with Gasteiger partial charge in [-0.05, 0) is 33.1 Å². The summed E-state index contributed by atoms with van der Waals surface area (Å²) in [5, 5.41) is 0. The molecule has 0 aromatic carbocycles. The van der Waals surface area contributed by atoms with E-state index in [4.69, 9.17) is 9.47 Å². The summed E-state index contributed by atoms with van der Waals surface area (Å²) in [7, 11) is 0. The van der Waals surface area contributed by atoms with Gasteiger partial charge in [0.2, 0.25) is 0 Å². The quantitative estimate of drug-likeness (QED) is 0.426. The summed E-state index contributed by atoms with van der Waals surface area (Å²) in [6, 6.07) is 0. The highest BCUT2D eigenvalue weighted by Gasteiger charge is 2.04. The summed E-state index contributed by atoms with van der Waals surface area (Å²) < 4.78 is 10.5. The van der Waals surface area contributed by atoms with Crippen molar-refractivity contribution >= 4 is 5.97 Å². The fourth-order valence-corrected chi connectivity index (χ4v) is 1.35. The first-order valence-electron chi connectivity index (χ1n) is 6.44. The molecule has 0 fully saturated rings. The Balaban J connectivity index is 3.11. The molecule has 0 spiro atoms. The second-order valence-electron chi connectivity index (χ2n) is 4.32. The zero-order chi connectivity index (χ0) is 12.2. The third-order valence-corrected chi connectivity index (χ3v) is 2.18. The minimum Gasteiger partial charge on any atom is -0.463 e. The summed E-state index contributed by atoms with van der Waals surface area (Å²) in [4.78, 5) is 11.2. The van der Waals surface area contributed by atoms with Crippen LogP contribution < -0.4 is 0 Å². The molecule has 3 nitrogen and oxygen atoms in total. The molecule has 0 atom stereocenters. The Kier molecular flexibility index (Phi) is 10.5. The molecule has 0 aliphatic rings. The number of hydrogen-bond donors (Lipinski definition) is 0. The van der Waals surface area contributed by atoms with Crippen molar-refractivity contribution in [2.24, 2.45) is 0 Å². The topological polar surface area (TPSA) is 35.5 Å². The van der Waals surface area contributed by atoms with Gasteiger partial charge in [-0.25, -0.2) is 0 Å². The van der Waals surface area contributed by atoms with E-state index in [0.717, 1.165) is 32.5 Å². The van der Waals surface area contributed by atoms with Gasteiger partial charge in [-0.1, -0.05) is 19.8 Å². The van der Waals surface area contributed by atoms with Crippen LogP contribution in [0.1, 0.15) is 59.3 Å². The number of hydrogen-bond acceptors (Lipinski definition) is 3. The molecule has 96 valence electrons. The molecule has 0 unspecified atom stereocenters. The monoisotopic (exact) mass is 230 g/mol. The van der Waals surface area contributed by atoms with E-state index in [1.54, 1.807) is 0 Å². The predicted octanol–water partition coefficient (Wildman–Crippen LogP) is 3.32. The first kappa shape index (κ1) is 15.4. The van der Waals surface area contributed by atoms with E-state index in [9.17, 15) is 4.79 Å². The Hall–Kier alpha value is -0.570. The molecule has 0 radical (unpaired) electrons. The average molecular weight is 230 g/mol. The highest BCUT2D eigenvalue weighted by atomic mass is 16.5. The first-order chi connectivity index (χ1) is 7.66. The van der Waals surface area contributed by atoms with E-state index in [0.29, 0.717) is 6.42 Å². The molecule has 0 bridgehead atoms. The maximum absolute atomic E-state index is 11.2. The van der Waals surface area contributed by atoms with Gasteiger partial charge in [-0.15, -0.1) is 0 Å². The highest BCUT2D eigenvalue weighted by molar-refractivity contribution is 5.69. The Labute approximate surface area is 99.5 Å². The Morgan fingerprint density at radius 3 is 2.25 bits per heavy atom. The van der Waals surface area contributed by atoms with Crippen LogP contribution in [0.2, 0.25) is 0 Å². The van der Waals surface area contributed by atoms with E-state index in [1.807, 2.05) is 13.8 Å². The van der Waals surface area contributed by atoms with Crippen LogP contribution in [-0.2, 0) is 14.3 Å². The van der Waals surface area contributed by atoms with Crippen molar-refractivity contribution in [1.82, 2.24) is 0 Å². The van der Waals surface area contributed by atoms with E-state index in [1.165, 1.54) is 12.8 Å². The van der Waals surface area contributed by atoms with Crippen molar-refractivity contribution in [2.75, 3.05) is 13.2 Å². The Morgan fingerprint density at radius 1 is 1.06 bits per heavy atom. The van der Waals surface area contributed by atoms with Crippen LogP contribution in [0.5, 0.6) is 0 Å². The number of unbranched alkanes of at least 4 members (excludes halogenated alkanes) is 3. The van der Waals surface area contributed by atoms with Crippen LogP contribution >= 0.6 is 0 Å². The standard InChI is InChI=1S/C13H26O3/c1-4-5-7-10-15-11-8-6-9-13(14)16-12(2)3/h12H,4-11H2,1-3H3. The van der Waals surface area contributed by atoms with Crippen molar-refractivity contribution in [3.05, 3.63) is 0 Å². The molecule has 0 saturated carbocycles. The average Bonchev–Trinajstić information content (AvgIpc) is 2.21. The fourth-order valence-electron chi connectivity index (χ4n) is 1.35. The van der Waals surface area contributed by atoms with Crippen LogP contribution in [0.15, 0.2) is 0 Å². The Bertz CT molecular complexity index is 167. The maximum Gasteiger partial charge on any atom is 0.306 e. The molecule has 0 saturated heterocycles. The Morgan fingerprint density at radius 2 is 1.69 bits per heavy atom. The molecule has 3 heteroatoms. The zero-order valence-corrected chi connectivity index (χ0v) is 11.0. The third-order valence-electron chi connectivity index (χ3n) is 2.18. The van der Waals surface area contributed by atoms with Crippen LogP contribution in [0.3, 0.4) is 0 Å². The van der Waals surface area contributed by atoms with Gasteiger partial charge in [0.1, 0.15) is 0 Å². The second kappa shape index (κ2) is 10.9.